The van der Waals surface area contributed by atoms with E-state index in [0.717, 1.165) is 23.3 Å². The number of aryl methyl sites for hydroxylation is 1. The number of nitrogens with one attached hydrogen (secondary N) is 1. The number of rotatable bonds is 7. The van der Waals surface area contributed by atoms with Crippen molar-refractivity contribution < 1.29 is 17.2 Å². The largest absolute Gasteiger partial charge is 0.300 e. The van der Waals surface area contributed by atoms with E-state index in [1.165, 1.54) is 6.07 Å². The Morgan fingerprint density at radius 2 is 1.83 bits per heavy atom. The fourth-order valence-electron chi connectivity index (χ4n) is 3.99. The number of sulfonamides is 1. The molecular weight excluding hydrogens is 486 g/mol. The fraction of sp³-hybridized carbons (Fsp3) is 0.160. The zero-order chi connectivity index (χ0) is 25.4. The van der Waals surface area contributed by atoms with Gasteiger partial charge in [0.15, 0.2) is 0 Å². The fourth-order valence-corrected chi connectivity index (χ4v) is 5.05. The molecule has 0 saturated heterocycles. The predicted octanol–water partition coefficient (Wildman–Crippen LogP) is 4.89. The third kappa shape index (κ3) is 4.69. The van der Waals surface area contributed by atoms with Gasteiger partial charge in [-0.1, -0.05) is 6.92 Å². The highest BCUT2D eigenvalue weighted by Gasteiger charge is 2.17. The highest BCUT2D eigenvalue weighted by Crippen LogP contribution is 2.31. The van der Waals surface area contributed by atoms with Gasteiger partial charge in [-0.2, -0.15) is 5.10 Å². The van der Waals surface area contributed by atoms with E-state index < -0.39 is 21.7 Å². The Bertz CT molecular complexity index is 1690. The third-order valence-electron chi connectivity index (χ3n) is 5.61. The van der Waals surface area contributed by atoms with Crippen LogP contribution in [0.15, 0.2) is 67.3 Å². The van der Waals surface area contributed by atoms with Crippen LogP contribution in [-0.2, 0) is 17.1 Å². The van der Waals surface area contributed by atoms with Crippen molar-refractivity contribution in [3.05, 3.63) is 78.9 Å². The molecule has 5 rings (SSSR count). The summed E-state index contributed by atoms with van der Waals surface area (Å²) in [6, 6.07) is 10.2. The van der Waals surface area contributed by atoms with Gasteiger partial charge in [0.1, 0.15) is 23.1 Å². The number of pyridine rings is 2. The molecule has 0 atom stereocenters. The number of aromatic nitrogens is 5. The van der Waals surface area contributed by atoms with Gasteiger partial charge in [0.2, 0.25) is 10.0 Å². The standard InChI is InChI=1S/C25H22F2N6O2S/c1-3-8-36(34,35)31-24-10-17(9-22(30-24)20-5-4-19(26)12-21(20)27)23-14-28-25-11-16(6-7-33(23)25)18-13-29-32(2)15-18/h4-7,9-15H,3,8H2,1-2H3,(H,30,31). The van der Waals surface area contributed by atoms with Crippen molar-refractivity contribution in [2.75, 3.05) is 10.5 Å². The molecule has 0 aliphatic rings. The van der Waals surface area contributed by atoms with E-state index in [4.69, 9.17) is 0 Å². The van der Waals surface area contributed by atoms with Crippen LogP contribution in [-0.4, -0.2) is 38.3 Å². The Hall–Kier alpha value is -4.12. The maximum Gasteiger partial charge on any atom is 0.233 e. The van der Waals surface area contributed by atoms with E-state index in [2.05, 4.69) is 19.8 Å². The van der Waals surface area contributed by atoms with Crippen LogP contribution in [0.25, 0.3) is 39.3 Å². The van der Waals surface area contributed by atoms with Crippen molar-refractivity contribution in [2.45, 2.75) is 13.3 Å². The summed E-state index contributed by atoms with van der Waals surface area (Å²) < 4.78 is 59.0. The number of anilines is 1. The van der Waals surface area contributed by atoms with Gasteiger partial charge in [-0.15, -0.1) is 0 Å². The molecule has 5 aromatic rings. The van der Waals surface area contributed by atoms with Gasteiger partial charge in [-0.3, -0.25) is 13.8 Å². The second-order valence-electron chi connectivity index (χ2n) is 8.36. The quantitative estimate of drug-likeness (QED) is 0.338. The van der Waals surface area contributed by atoms with E-state index in [9.17, 15) is 17.2 Å². The number of imidazole rings is 1. The van der Waals surface area contributed by atoms with E-state index >= 15 is 0 Å². The highest BCUT2D eigenvalue weighted by molar-refractivity contribution is 7.92. The Morgan fingerprint density at radius 3 is 2.56 bits per heavy atom. The van der Waals surface area contributed by atoms with Crippen molar-refractivity contribution in [2.24, 2.45) is 7.05 Å². The summed E-state index contributed by atoms with van der Waals surface area (Å²) in [6.45, 7) is 1.75. The van der Waals surface area contributed by atoms with Gasteiger partial charge in [0.25, 0.3) is 0 Å². The Morgan fingerprint density at radius 1 is 1.00 bits per heavy atom. The lowest BCUT2D eigenvalue weighted by atomic mass is 10.1. The first kappa shape index (κ1) is 23.6. The molecule has 0 amide bonds. The normalized spacial score (nSPS) is 11.8. The molecule has 4 heterocycles. The molecule has 0 spiro atoms. The van der Waals surface area contributed by atoms with Crippen LogP contribution in [0.3, 0.4) is 0 Å². The molecule has 0 saturated carbocycles. The number of fused-ring (bicyclic) bond motifs is 1. The molecular formula is C25H22F2N6O2S. The number of halogens is 2. The Labute approximate surface area is 206 Å². The van der Waals surface area contributed by atoms with Gasteiger partial charge in [0, 0.05) is 42.2 Å². The van der Waals surface area contributed by atoms with E-state index in [-0.39, 0.29) is 22.8 Å². The van der Waals surface area contributed by atoms with Crippen molar-refractivity contribution in [3.8, 4) is 33.6 Å². The van der Waals surface area contributed by atoms with Gasteiger partial charge in [-0.25, -0.2) is 27.2 Å². The smallest absolute Gasteiger partial charge is 0.233 e. The van der Waals surface area contributed by atoms with Gasteiger partial charge in [0.05, 0.1) is 29.5 Å². The average molecular weight is 509 g/mol. The summed E-state index contributed by atoms with van der Waals surface area (Å²) in [7, 11) is -1.82. The topological polar surface area (TPSA) is 94.2 Å². The van der Waals surface area contributed by atoms with Crippen molar-refractivity contribution in [1.82, 2.24) is 24.1 Å². The van der Waals surface area contributed by atoms with E-state index in [1.807, 2.05) is 36.0 Å². The van der Waals surface area contributed by atoms with E-state index in [0.29, 0.717) is 23.3 Å². The first-order valence-electron chi connectivity index (χ1n) is 11.2. The average Bonchev–Trinajstić information content (AvgIpc) is 3.44. The highest BCUT2D eigenvalue weighted by atomic mass is 32.2. The summed E-state index contributed by atoms with van der Waals surface area (Å²) in [5.74, 6) is -1.59. The van der Waals surface area contributed by atoms with Crippen LogP contribution in [0.1, 0.15) is 13.3 Å². The van der Waals surface area contributed by atoms with Crippen LogP contribution < -0.4 is 4.72 Å². The molecule has 0 fully saturated rings. The zero-order valence-electron chi connectivity index (χ0n) is 19.5. The molecule has 0 bridgehead atoms. The number of nitrogens with zero attached hydrogens (tertiary/aromatic N) is 5. The first-order chi connectivity index (χ1) is 17.2. The predicted molar refractivity (Wildman–Crippen MR) is 134 cm³/mol. The van der Waals surface area contributed by atoms with Crippen LogP contribution in [0.2, 0.25) is 0 Å². The molecule has 0 radical (unpaired) electrons. The lowest BCUT2D eigenvalue weighted by Crippen LogP contribution is -2.17. The van der Waals surface area contributed by atoms with Crippen LogP contribution >= 0.6 is 0 Å². The monoisotopic (exact) mass is 508 g/mol. The second kappa shape index (κ2) is 9.15. The number of benzene rings is 1. The summed E-state index contributed by atoms with van der Waals surface area (Å²) in [6.07, 6.45) is 7.57. The summed E-state index contributed by atoms with van der Waals surface area (Å²) in [5, 5.41) is 4.20. The third-order valence-corrected chi connectivity index (χ3v) is 7.08. The minimum Gasteiger partial charge on any atom is -0.300 e. The summed E-state index contributed by atoms with van der Waals surface area (Å²) >= 11 is 0. The molecule has 1 aromatic carbocycles. The zero-order valence-corrected chi connectivity index (χ0v) is 20.3. The van der Waals surface area contributed by atoms with Crippen molar-refractivity contribution in [3.63, 3.8) is 0 Å². The molecule has 0 unspecified atom stereocenters. The minimum atomic E-state index is -3.66. The van der Waals surface area contributed by atoms with Gasteiger partial charge >= 0.3 is 0 Å². The Kier molecular flexibility index (Phi) is 6.00. The van der Waals surface area contributed by atoms with Crippen molar-refractivity contribution >= 4 is 21.5 Å². The van der Waals surface area contributed by atoms with Crippen molar-refractivity contribution in [1.29, 1.82) is 0 Å². The molecule has 184 valence electrons. The van der Waals surface area contributed by atoms with Crippen LogP contribution in [0.4, 0.5) is 14.6 Å². The lowest BCUT2D eigenvalue weighted by molar-refractivity contribution is 0.585. The summed E-state index contributed by atoms with van der Waals surface area (Å²) in [4.78, 5) is 8.82. The van der Waals surface area contributed by atoms with E-state index in [1.54, 1.807) is 36.1 Å². The number of hydrogen-bond donors (Lipinski definition) is 1. The molecule has 8 nitrogen and oxygen atoms in total. The molecule has 36 heavy (non-hydrogen) atoms. The number of hydrogen-bond acceptors (Lipinski definition) is 5. The second-order valence-corrected chi connectivity index (χ2v) is 10.2. The SMILES string of the molecule is CCCS(=O)(=O)Nc1cc(-c2cnc3cc(-c4cnn(C)c4)ccn23)cc(-c2ccc(F)cc2F)n1. The molecule has 0 aliphatic heterocycles. The maximum atomic E-state index is 14.6. The molecule has 4 aromatic heterocycles. The Balaban J connectivity index is 1.64. The summed E-state index contributed by atoms with van der Waals surface area (Å²) in [5.41, 5.74) is 3.93. The lowest BCUT2D eigenvalue weighted by Gasteiger charge is -2.12. The van der Waals surface area contributed by atoms with Crippen LogP contribution in [0.5, 0.6) is 0 Å². The first-order valence-corrected chi connectivity index (χ1v) is 12.8. The van der Waals surface area contributed by atoms with Crippen LogP contribution in [0, 0.1) is 11.6 Å². The maximum absolute atomic E-state index is 14.6. The van der Waals surface area contributed by atoms with Gasteiger partial charge < -0.3 is 0 Å². The molecule has 0 aliphatic carbocycles. The minimum absolute atomic E-state index is 0.0293. The molecule has 11 heteroatoms. The molecule has 1 N–H and O–H groups in total. The van der Waals surface area contributed by atoms with Gasteiger partial charge in [-0.05, 0) is 48.4 Å².